The molecule has 0 bridgehead atoms. The molecule has 2 aromatic carbocycles. The zero-order valence-corrected chi connectivity index (χ0v) is 11.1. The van der Waals surface area contributed by atoms with Gasteiger partial charge < -0.3 is 5.11 Å². The number of nitrogens with zero attached hydrogens (tertiary/aromatic N) is 1. The van der Waals surface area contributed by atoms with Gasteiger partial charge >= 0.3 is 12.1 Å². The zero-order valence-electron chi connectivity index (χ0n) is 11.1. The molecule has 0 aromatic heterocycles. The van der Waals surface area contributed by atoms with Gasteiger partial charge in [-0.25, -0.2) is 4.79 Å². The first-order valence-corrected chi connectivity index (χ1v) is 6.16. The fraction of sp³-hybridized carbons (Fsp3) is 0.0667. The predicted octanol–water partition coefficient (Wildman–Crippen LogP) is 3.85. The lowest BCUT2D eigenvalue weighted by Gasteiger charge is -2.07. The molecule has 4 nitrogen and oxygen atoms in total. The Morgan fingerprint density at radius 2 is 1.86 bits per heavy atom. The number of hydrazone groups is 1. The Balaban J connectivity index is 2.16. The summed E-state index contributed by atoms with van der Waals surface area (Å²) in [5.41, 5.74) is 2.24. The van der Waals surface area contributed by atoms with Crippen LogP contribution < -0.4 is 5.43 Å². The van der Waals surface area contributed by atoms with E-state index in [4.69, 9.17) is 5.11 Å². The summed E-state index contributed by atoms with van der Waals surface area (Å²) in [4.78, 5) is 11.0. The number of hydrogen-bond acceptors (Lipinski definition) is 3. The SMILES string of the molecule is O=C(O)c1ccccc1NN=Cc1cccc(C(F)(F)F)c1. The molecule has 0 atom stereocenters. The average molecular weight is 308 g/mol. The molecule has 0 radical (unpaired) electrons. The Morgan fingerprint density at radius 1 is 1.14 bits per heavy atom. The molecule has 0 heterocycles. The van der Waals surface area contributed by atoms with Gasteiger partial charge in [-0.05, 0) is 29.8 Å². The highest BCUT2D eigenvalue weighted by atomic mass is 19.4. The van der Waals surface area contributed by atoms with Crippen LogP contribution in [0.3, 0.4) is 0 Å². The smallest absolute Gasteiger partial charge is 0.416 e. The van der Waals surface area contributed by atoms with Crippen molar-refractivity contribution < 1.29 is 23.1 Å². The highest BCUT2D eigenvalue weighted by molar-refractivity contribution is 5.94. The number of para-hydroxylation sites is 1. The van der Waals surface area contributed by atoms with Gasteiger partial charge in [0.1, 0.15) is 0 Å². The molecule has 22 heavy (non-hydrogen) atoms. The summed E-state index contributed by atoms with van der Waals surface area (Å²) in [6.45, 7) is 0. The minimum absolute atomic E-state index is 0.0173. The molecule has 7 heteroatoms. The van der Waals surface area contributed by atoms with Crippen molar-refractivity contribution >= 4 is 17.9 Å². The van der Waals surface area contributed by atoms with Crippen molar-refractivity contribution in [2.45, 2.75) is 6.18 Å². The van der Waals surface area contributed by atoms with Gasteiger partial charge in [-0.2, -0.15) is 18.3 Å². The van der Waals surface area contributed by atoms with E-state index in [9.17, 15) is 18.0 Å². The first kappa shape index (κ1) is 15.6. The van der Waals surface area contributed by atoms with Gasteiger partial charge in [-0.3, -0.25) is 5.43 Å². The third kappa shape index (κ3) is 3.85. The molecule has 114 valence electrons. The van der Waals surface area contributed by atoms with Crippen molar-refractivity contribution in [3.63, 3.8) is 0 Å². The summed E-state index contributed by atoms with van der Waals surface area (Å²) < 4.78 is 37.7. The molecule has 0 aliphatic rings. The molecule has 0 fully saturated rings. The maximum atomic E-state index is 12.6. The Hall–Kier alpha value is -2.83. The second kappa shape index (κ2) is 6.30. The second-order valence-electron chi connectivity index (χ2n) is 4.34. The van der Waals surface area contributed by atoms with E-state index in [1.807, 2.05) is 0 Å². The largest absolute Gasteiger partial charge is 0.478 e. The zero-order chi connectivity index (χ0) is 16.2. The standard InChI is InChI=1S/C15H11F3N2O2/c16-15(17,18)11-5-3-4-10(8-11)9-19-20-13-7-2-1-6-12(13)14(21)22/h1-9,20H,(H,21,22). The first-order chi connectivity index (χ1) is 10.4. The normalized spacial score (nSPS) is 11.6. The molecule has 2 N–H and O–H groups in total. The van der Waals surface area contributed by atoms with Crippen LogP contribution in [0.4, 0.5) is 18.9 Å². The van der Waals surface area contributed by atoms with Crippen molar-refractivity contribution in [3.05, 3.63) is 65.2 Å². The van der Waals surface area contributed by atoms with Crippen LogP contribution in [-0.4, -0.2) is 17.3 Å². The van der Waals surface area contributed by atoms with Crippen LogP contribution in [-0.2, 0) is 6.18 Å². The quantitative estimate of drug-likeness (QED) is 0.666. The van der Waals surface area contributed by atoms with Crippen LogP contribution in [0.15, 0.2) is 53.6 Å². The van der Waals surface area contributed by atoms with Gasteiger partial charge in [-0.1, -0.05) is 24.3 Å². The topological polar surface area (TPSA) is 61.7 Å². The van der Waals surface area contributed by atoms with Crippen LogP contribution in [0.2, 0.25) is 0 Å². The molecule has 0 spiro atoms. The van der Waals surface area contributed by atoms with Gasteiger partial charge in [0.2, 0.25) is 0 Å². The van der Waals surface area contributed by atoms with E-state index in [-0.39, 0.29) is 16.8 Å². The van der Waals surface area contributed by atoms with Gasteiger partial charge in [0.15, 0.2) is 0 Å². The van der Waals surface area contributed by atoms with Gasteiger partial charge in [0, 0.05) is 0 Å². The number of benzene rings is 2. The second-order valence-corrected chi connectivity index (χ2v) is 4.34. The van der Waals surface area contributed by atoms with Crippen LogP contribution in [0, 0.1) is 0 Å². The minimum Gasteiger partial charge on any atom is -0.478 e. The minimum atomic E-state index is -4.42. The van der Waals surface area contributed by atoms with E-state index >= 15 is 0 Å². The Bertz CT molecular complexity index is 712. The average Bonchev–Trinajstić information content (AvgIpc) is 2.47. The Kier molecular flexibility index (Phi) is 4.45. The lowest BCUT2D eigenvalue weighted by Crippen LogP contribution is -2.05. The highest BCUT2D eigenvalue weighted by Crippen LogP contribution is 2.29. The summed E-state index contributed by atoms with van der Waals surface area (Å²) in [5.74, 6) is -1.13. The first-order valence-electron chi connectivity index (χ1n) is 6.16. The molecule has 2 rings (SSSR count). The number of carbonyl (C=O) groups is 1. The number of alkyl halides is 3. The van der Waals surface area contributed by atoms with Gasteiger partial charge in [0.25, 0.3) is 0 Å². The van der Waals surface area contributed by atoms with Crippen molar-refractivity contribution in [2.24, 2.45) is 5.10 Å². The molecule has 0 saturated heterocycles. The van der Waals surface area contributed by atoms with Gasteiger partial charge in [0.05, 0.1) is 23.0 Å². The van der Waals surface area contributed by atoms with E-state index in [0.717, 1.165) is 12.1 Å². The monoisotopic (exact) mass is 308 g/mol. The van der Waals surface area contributed by atoms with E-state index in [1.54, 1.807) is 12.1 Å². The van der Waals surface area contributed by atoms with Gasteiger partial charge in [-0.15, -0.1) is 0 Å². The Labute approximate surface area is 123 Å². The van der Waals surface area contributed by atoms with Crippen molar-refractivity contribution in [3.8, 4) is 0 Å². The number of nitrogens with one attached hydrogen (secondary N) is 1. The number of carboxylic acid groups (broad SMARTS) is 1. The Morgan fingerprint density at radius 3 is 2.55 bits per heavy atom. The third-order valence-corrected chi connectivity index (χ3v) is 2.77. The number of anilines is 1. The fourth-order valence-corrected chi connectivity index (χ4v) is 1.74. The molecular formula is C15H11F3N2O2. The van der Waals surface area contributed by atoms with Crippen molar-refractivity contribution in [1.82, 2.24) is 0 Å². The summed E-state index contributed by atoms with van der Waals surface area (Å²) >= 11 is 0. The van der Waals surface area contributed by atoms with Crippen LogP contribution in [0.25, 0.3) is 0 Å². The van der Waals surface area contributed by atoms with E-state index < -0.39 is 17.7 Å². The van der Waals surface area contributed by atoms with E-state index in [0.29, 0.717) is 0 Å². The number of carboxylic acids is 1. The number of halogens is 3. The molecular weight excluding hydrogens is 297 g/mol. The van der Waals surface area contributed by atoms with E-state index in [1.165, 1.54) is 30.5 Å². The lowest BCUT2D eigenvalue weighted by molar-refractivity contribution is -0.137. The summed E-state index contributed by atoms with van der Waals surface area (Å²) in [6, 6.07) is 10.7. The summed E-state index contributed by atoms with van der Waals surface area (Å²) in [7, 11) is 0. The molecule has 0 aliphatic heterocycles. The number of rotatable bonds is 4. The summed E-state index contributed by atoms with van der Waals surface area (Å²) in [6.07, 6.45) is -3.24. The van der Waals surface area contributed by atoms with Crippen LogP contribution >= 0.6 is 0 Å². The van der Waals surface area contributed by atoms with Crippen LogP contribution in [0.5, 0.6) is 0 Å². The predicted molar refractivity (Wildman–Crippen MR) is 76.1 cm³/mol. The lowest BCUT2D eigenvalue weighted by atomic mass is 10.1. The highest BCUT2D eigenvalue weighted by Gasteiger charge is 2.30. The molecule has 2 aromatic rings. The maximum Gasteiger partial charge on any atom is 0.416 e. The fourth-order valence-electron chi connectivity index (χ4n) is 1.74. The van der Waals surface area contributed by atoms with Crippen LogP contribution in [0.1, 0.15) is 21.5 Å². The number of hydrogen-bond donors (Lipinski definition) is 2. The molecule has 0 aliphatic carbocycles. The molecule has 0 unspecified atom stereocenters. The maximum absolute atomic E-state index is 12.6. The van der Waals surface area contributed by atoms with Crippen molar-refractivity contribution in [2.75, 3.05) is 5.43 Å². The molecule has 0 saturated carbocycles. The van der Waals surface area contributed by atoms with Crippen molar-refractivity contribution in [1.29, 1.82) is 0 Å². The summed E-state index contributed by atoms with van der Waals surface area (Å²) in [5, 5.41) is 12.8. The van der Waals surface area contributed by atoms with E-state index in [2.05, 4.69) is 10.5 Å². The number of aromatic carboxylic acids is 1. The third-order valence-electron chi connectivity index (χ3n) is 2.77. The molecule has 0 amide bonds.